The molecule has 1 aliphatic carbocycles. The van der Waals surface area contributed by atoms with Gasteiger partial charge in [-0.05, 0) is 19.3 Å². The fourth-order valence-corrected chi connectivity index (χ4v) is 3.22. The first kappa shape index (κ1) is 12.0. The van der Waals surface area contributed by atoms with E-state index in [9.17, 15) is 13.2 Å². The number of hydrogen-bond acceptors (Lipinski definition) is 3. The average Bonchev–Trinajstić information content (AvgIpc) is 2.83. The summed E-state index contributed by atoms with van der Waals surface area (Å²) in [6, 6.07) is 0. The minimum Gasteiger partial charge on any atom is -0.222 e. The number of rotatable bonds is 1. The zero-order valence-electron chi connectivity index (χ0n) is 9.79. The predicted octanol–water partition coefficient (Wildman–Crippen LogP) is 3.02. The van der Waals surface area contributed by atoms with Crippen LogP contribution in [-0.2, 0) is 19.3 Å². The zero-order chi connectivity index (χ0) is 12.9. The fourth-order valence-electron chi connectivity index (χ4n) is 2.34. The topological polar surface area (TPSA) is 30.2 Å². The highest BCUT2D eigenvalue weighted by molar-refractivity contribution is 7.16. The summed E-state index contributed by atoms with van der Waals surface area (Å²) in [6.45, 7) is 1.98. The van der Waals surface area contributed by atoms with Crippen LogP contribution in [0.1, 0.15) is 29.7 Å². The maximum atomic E-state index is 12.8. The number of fused-ring (bicyclic) bond motifs is 3. The van der Waals surface area contributed by atoms with Gasteiger partial charge in [0.25, 0.3) is 0 Å². The van der Waals surface area contributed by atoms with Crippen molar-refractivity contribution in [3.63, 3.8) is 0 Å². The van der Waals surface area contributed by atoms with Gasteiger partial charge in [0, 0.05) is 6.42 Å². The van der Waals surface area contributed by atoms with E-state index < -0.39 is 12.1 Å². The van der Waals surface area contributed by atoms with Crippen LogP contribution in [-0.4, -0.2) is 20.8 Å². The maximum Gasteiger partial charge on any atom is 0.392 e. The van der Waals surface area contributed by atoms with Crippen molar-refractivity contribution in [3.05, 3.63) is 16.4 Å². The van der Waals surface area contributed by atoms with E-state index in [1.165, 1.54) is 11.3 Å². The Hall–Kier alpha value is -1.11. The molecule has 0 saturated carbocycles. The molecule has 0 radical (unpaired) electrons. The molecule has 2 aromatic heterocycles. The highest BCUT2D eigenvalue weighted by Gasteiger charge is 2.42. The first-order chi connectivity index (χ1) is 8.49. The second-order valence-corrected chi connectivity index (χ2v) is 5.57. The standard InChI is InChI=1S/C11H12F3N3S/c1-2-9-16-17-8-5-6(11(12,13)14)3-4-7(8)15-10(17)18-9/h6H,2-5H2,1H3. The monoisotopic (exact) mass is 275 g/mol. The Morgan fingerprint density at radius 2 is 2.22 bits per heavy atom. The largest absolute Gasteiger partial charge is 0.392 e. The SMILES string of the molecule is CCc1nn2c3c(nc2s1)CCC(C(F)(F)F)C3. The number of hydrogen-bond donors (Lipinski definition) is 0. The van der Waals surface area contributed by atoms with Gasteiger partial charge in [0.15, 0.2) is 0 Å². The average molecular weight is 275 g/mol. The lowest BCUT2D eigenvalue weighted by molar-refractivity contribution is -0.177. The van der Waals surface area contributed by atoms with Crippen LogP contribution in [0.25, 0.3) is 4.96 Å². The molecule has 3 nitrogen and oxygen atoms in total. The number of aryl methyl sites for hydroxylation is 2. The molecule has 1 unspecified atom stereocenters. The van der Waals surface area contributed by atoms with E-state index in [4.69, 9.17) is 0 Å². The molecule has 3 rings (SSSR count). The molecule has 7 heteroatoms. The van der Waals surface area contributed by atoms with Crippen LogP contribution in [0.3, 0.4) is 0 Å². The Bertz CT molecular complexity index is 584. The van der Waals surface area contributed by atoms with Crippen molar-refractivity contribution in [2.75, 3.05) is 0 Å². The Morgan fingerprint density at radius 3 is 2.89 bits per heavy atom. The van der Waals surface area contributed by atoms with E-state index >= 15 is 0 Å². The van der Waals surface area contributed by atoms with E-state index in [1.807, 2.05) is 6.92 Å². The van der Waals surface area contributed by atoms with Crippen LogP contribution >= 0.6 is 11.3 Å². The third-order valence-electron chi connectivity index (χ3n) is 3.36. The Morgan fingerprint density at radius 1 is 1.44 bits per heavy atom. The van der Waals surface area contributed by atoms with Crippen LogP contribution in [0, 0.1) is 5.92 Å². The van der Waals surface area contributed by atoms with Gasteiger partial charge in [0.2, 0.25) is 4.96 Å². The van der Waals surface area contributed by atoms with Crippen LogP contribution in [0.5, 0.6) is 0 Å². The fraction of sp³-hybridized carbons (Fsp3) is 0.636. The summed E-state index contributed by atoms with van der Waals surface area (Å²) in [5.41, 5.74) is 1.44. The van der Waals surface area contributed by atoms with Gasteiger partial charge in [-0.25, -0.2) is 9.50 Å². The summed E-state index contributed by atoms with van der Waals surface area (Å²) >= 11 is 1.46. The number of nitrogens with zero attached hydrogens (tertiary/aromatic N) is 3. The van der Waals surface area contributed by atoms with Crippen molar-refractivity contribution in [1.82, 2.24) is 14.6 Å². The van der Waals surface area contributed by atoms with Crippen molar-refractivity contribution in [2.45, 2.75) is 38.8 Å². The molecule has 18 heavy (non-hydrogen) atoms. The van der Waals surface area contributed by atoms with Gasteiger partial charge in [-0.1, -0.05) is 18.3 Å². The van der Waals surface area contributed by atoms with Crippen molar-refractivity contribution < 1.29 is 13.2 Å². The second kappa shape index (κ2) is 3.94. The maximum absolute atomic E-state index is 12.8. The molecule has 0 N–H and O–H groups in total. The van der Waals surface area contributed by atoms with Gasteiger partial charge in [0.1, 0.15) is 5.01 Å². The molecule has 0 fully saturated rings. The first-order valence-corrected chi connectivity index (χ1v) is 6.73. The summed E-state index contributed by atoms with van der Waals surface area (Å²) in [6.07, 6.45) is -2.79. The van der Waals surface area contributed by atoms with Crippen LogP contribution in [0.2, 0.25) is 0 Å². The highest BCUT2D eigenvalue weighted by Crippen LogP contribution is 2.37. The molecule has 0 bridgehead atoms. The molecule has 0 aliphatic heterocycles. The van der Waals surface area contributed by atoms with Crippen LogP contribution in [0.15, 0.2) is 0 Å². The molecule has 98 valence electrons. The summed E-state index contributed by atoms with van der Waals surface area (Å²) in [4.78, 5) is 5.11. The van der Waals surface area contributed by atoms with Crippen LogP contribution in [0.4, 0.5) is 13.2 Å². The molecule has 1 atom stereocenters. The number of aromatic nitrogens is 3. The summed E-state index contributed by atoms with van der Waals surface area (Å²) in [5, 5.41) is 5.24. The third-order valence-corrected chi connectivity index (χ3v) is 4.41. The van der Waals surface area contributed by atoms with Gasteiger partial charge in [-0.15, -0.1) is 0 Å². The van der Waals surface area contributed by atoms with E-state index in [0.29, 0.717) is 12.1 Å². The predicted molar refractivity (Wildman–Crippen MR) is 61.8 cm³/mol. The van der Waals surface area contributed by atoms with Crippen molar-refractivity contribution >= 4 is 16.3 Å². The minimum atomic E-state index is -4.12. The van der Waals surface area contributed by atoms with E-state index in [1.54, 1.807) is 4.52 Å². The van der Waals surface area contributed by atoms with Crippen molar-refractivity contribution in [1.29, 1.82) is 0 Å². The lowest BCUT2D eigenvalue weighted by Gasteiger charge is -2.23. The molecular weight excluding hydrogens is 263 g/mol. The Balaban J connectivity index is 2.02. The number of halogens is 3. The molecule has 0 aromatic carbocycles. The van der Waals surface area contributed by atoms with E-state index in [-0.39, 0.29) is 12.8 Å². The number of alkyl halides is 3. The number of imidazole rings is 1. The van der Waals surface area contributed by atoms with Crippen molar-refractivity contribution in [3.8, 4) is 0 Å². The molecule has 0 spiro atoms. The summed E-state index contributed by atoms with van der Waals surface area (Å²) in [7, 11) is 0. The lowest BCUT2D eigenvalue weighted by Crippen LogP contribution is -2.29. The lowest BCUT2D eigenvalue weighted by atomic mass is 9.89. The molecule has 0 amide bonds. The molecule has 2 aromatic rings. The minimum absolute atomic E-state index is 0.00683. The van der Waals surface area contributed by atoms with E-state index in [2.05, 4.69) is 10.1 Å². The van der Waals surface area contributed by atoms with Gasteiger partial charge in [0.05, 0.1) is 17.3 Å². The molecule has 0 saturated heterocycles. The molecule has 2 heterocycles. The molecule has 1 aliphatic rings. The quantitative estimate of drug-likeness (QED) is 0.801. The zero-order valence-corrected chi connectivity index (χ0v) is 10.6. The molecular formula is C11H12F3N3S. The normalized spacial score (nSPS) is 20.3. The van der Waals surface area contributed by atoms with Gasteiger partial charge in [-0.2, -0.15) is 18.3 Å². The van der Waals surface area contributed by atoms with Crippen molar-refractivity contribution in [2.24, 2.45) is 5.92 Å². The van der Waals surface area contributed by atoms with Crippen LogP contribution < -0.4 is 0 Å². The highest BCUT2D eigenvalue weighted by atomic mass is 32.1. The van der Waals surface area contributed by atoms with Gasteiger partial charge < -0.3 is 0 Å². The van der Waals surface area contributed by atoms with Gasteiger partial charge in [-0.3, -0.25) is 0 Å². The van der Waals surface area contributed by atoms with Gasteiger partial charge >= 0.3 is 6.18 Å². The first-order valence-electron chi connectivity index (χ1n) is 5.92. The summed E-state index contributed by atoms with van der Waals surface area (Å²) < 4.78 is 39.9. The third kappa shape index (κ3) is 1.81. The Kier molecular flexibility index (Phi) is 2.62. The smallest absolute Gasteiger partial charge is 0.222 e. The van der Waals surface area contributed by atoms with E-state index in [0.717, 1.165) is 22.1 Å². The summed E-state index contributed by atoms with van der Waals surface area (Å²) in [5.74, 6) is -1.25. The second-order valence-electron chi connectivity index (χ2n) is 4.53. The Labute approximate surface area is 106 Å².